The normalized spacial score (nSPS) is 12.8. The van der Waals surface area contributed by atoms with Gasteiger partial charge in [-0.1, -0.05) is 44.2 Å². The quantitative estimate of drug-likeness (QED) is 0.609. The van der Waals surface area contributed by atoms with E-state index in [1.807, 2.05) is 30.3 Å². The molecule has 0 saturated heterocycles. The second kappa shape index (κ2) is 10.8. The van der Waals surface area contributed by atoms with Gasteiger partial charge in [0.05, 0.1) is 19.8 Å². The lowest BCUT2D eigenvalue weighted by molar-refractivity contribution is -0.0236. The molecule has 1 unspecified atom stereocenters. The molecule has 0 spiro atoms. The van der Waals surface area contributed by atoms with Crippen molar-refractivity contribution in [1.82, 2.24) is 5.32 Å². The van der Waals surface area contributed by atoms with Crippen LogP contribution in [0.4, 0.5) is 0 Å². The molecule has 0 heterocycles. The fraction of sp³-hybridized carbons (Fsp3) is 0.625. The highest BCUT2D eigenvalue weighted by Gasteiger charge is 2.04. The molecule has 0 aliphatic rings. The Morgan fingerprint density at radius 2 is 1.80 bits per heavy atom. The van der Waals surface area contributed by atoms with Gasteiger partial charge in [0.15, 0.2) is 0 Å². The molecule has 0 aliphatic heterocycles. The van der Waals surface area contributed by atoms with Crippen LogP contribution in [0.25, 0.3) is 0 Å². The highest BCUT2D eigenvalue weighted by molar-refractivity contribution is 5.13. The van der Waals surface area contributed by atoms with Crippen molar-refractivity contribution >= 4 is 0 Å². The molecule has 0 radical (unpaired) electrons. The van der Waals surface area contributed by atoms with E-state index in [2.05, 4.69) is 19.2 Å². The number of aliphatic hydroxyl groups is 1. The third-order valence-electron chi connectivity index (χ3n) is 2.75. The lowest BCUT2D eigenvalue weighted by atomic mass is 10.2. The highest BCUT2D eigenvalue weighted by atomic mass is 16.5. The van der Waals surface area contributed by atoms with Crippen LogP contribution in [0, 0.1) is 0 Å². The number of hydrogen-bond acceptors (Lipinski definition) is 4. The first-order valence-electron chi connectivity index (χ1n) is 7.29. The van der Waals surface area contributed by atoms with E-state index in [0.29, 0.717) is 32.5 Å². The molecule has 20 heavy (non-hydrogen) atoms. The third kappa shape index (κ3) is 9.04. The van der Waals surface area contributed by atoms with E-state index in [0.717, 1.165) is 18.5 Å². The lowest BCUT2D eigenvalue weighted by Gasteiger charge is -2.12. The second-order valence-electron chi connectivity index (χ2n) is 5.19. The first kappa shape index (κ1) is 17.1. The van der Waals surface area contributed by atoms with Crippen LogP contribution in [0.1, 0.15) is 25.8 Å². The van der Waals surface area contributed by atoms with Crippen molar-refractivity contribution in [3.8, 4) is 0 Å². The van der Waals surface area contributed by atoms with Crippen LogP contribution in [-0.4, -0.2) is 43.6 Å². The standard InChI is InChI=1S/C16H27NO3/c1-14(2)17-9-6-10-19-12-16(18)13-20-11-15-7-4-3-5-8-15/h3-5,7-8,14,16-18H,6,9-13H2,1-2H3. The zero-order valence-corrected chi connectivity index (χ0v) is 12.5. The smallest absolute Gasteiger partial charge is 0.101 e. The lowest BCUT2D eigenvalue weighted by Crippen LogP contribution is -2.26. The van der Waals surface area contributed by atoms with E-state index >= 15 is 0 Å². The fourth-order valence-corrected chi connectivity index (χ4v) is 1.72. The van der Waals surface area contributed by atoms with Gasteiger partial charge in [-0.25, -0.2) is 0 Å². The molecule has 0 fully saturated rings. The molecule has 1 aromatic rings. The van der Waals surface area contributed by atoms with Crippen LogP contribution < -0.4 is 5.32 Å². The van der Waals surface area contributed by atoms with E-state index in [9.17, 15) is 5.11 Å². The van der Waals surface area contributed by atoms with Crippen molar-refractivity contribution in [3.05, 3.63) is 35.9 Å². The summed E-state index contributed by atoms with van der Waals surface area (Å²) in [4.78, 5) is 0. The van der Waals surface area contributed by atoms with Crippen molar-refractivity contribution in [2.24, 2.45) is 0 Å². The van der Waals surface area contributed by atoms with Crippen molar-refractivity contribution in [1.29, 1.82) is 0 Å². The molecule has 4 heteroatoms. The van der Waals surface area contributed by atoms with Gasteiger partial charge in [-0.3, -0.25) is 0 Å². The predicted octanol–water partition coefficient (Wildman–Crippen LogP) is 1.97. The van der Waals surface area contributed by atoms with Crippen LogP contribution in [0.2, 0.25) is 0 Å². The number of nitrogens with one attached hydrogen (secondary N) is 1. The Morgan fingerprint density at radius 3 is 2.50 bits per heavy atom. The van der Waals surface area contributed by atoms with E-state index < -0.39 is 6.10 Å². The Morgan fingerprint density at radius 1 is 1.10 bits per heavy atom. The van der Waals surface area contributed by atoms with Crippen LogP contribution in [0.3, 0.4) is 0 Å². The van der Waals surface area contributed by atoms with Crippen LogP contribution in [0.5, 0.6) is 0 Å². The molecule has 0 aliphatic carbocycles. The topological polar surface area (TPSA) is 50.7 Å². The molecule has 0 bridgehead atoms. The summed E-state index contributed by atoms with van der Waals surface area (Å²) in [7, 11) is 0. The summed E-state index contributed by atoms with van der Waals surface area (Å²) in [5, 5.41) is 13.0. The summed E-state index contributed by atoms with van der Waals surface area (Å²) in [6.45, 7) is 7.00. The van der Waals surface area contributed by atoms with Gasteiger partial charge in [0.2, 0.25) is 0 Å². The molecule has 1 aromatic carbocycles. The number of aliphatic hydroxyl groups excluding tert-OH is 1. The Hall–Kier alpha value is -0.940. The maximum absolute atomic E-state index is 9.71. The Labute approximate surface area is 122 Å². The van der Waals surface area contributed by atoms with Crippen LogP contribution in [-0.2, 0) is 16.1 Å². The number of ether oxygens (including phenoxy) is 2. The monoisotopic (exact) mass is 281 g/mol. The van der Waals surface area contributed by atoms with E-state index in [-0.39, 0.29) is 0 Å². The molecular weight excluding hydrogens is 254 g/mol. The van der Waals surface area contributed by atoms with Gasteiger partial charge in [-0.15, -0.1) is 0 Å². The van der Waals surface area contributed by atoms with Crippen molar-refractivity contribution in [2.45, 2.75) is 39.0 Å². The average Bonchev–Trinajstić information content (AvgIpc) is 2.43. The largest absolute Gasteiger partial charge is 0.388 e. The van der Waals surface area contributed by atoms with Gasteiger partial charge in [0.1, 0.15) is 6.10 Å². The summed E-state index contributed by atoms with van der Waals surface area (Å²) in [6, 6.07) is 10.4. The molecule has 2 N–H and O–H groups in total. The van der Waals surface area contributed by atoms with Gasteiger partial charge in [0.25, 0.3) is 0 Å². The second-order valence-corrected chi connectivity index (χ2v) is 5.19. The Balaban J connectivity index is 1.94. The minimum Gasteiger partial charge on any atom is -0.388 e. The molecule has 1 atom stereocenters. The molecule has 0 saturated carbocycles. The highest BCUT2D eigenvalue weighted by Crippen LogP contribution is 2.01. The van der Waals surface area contributed by atoms with E-state index in [1.54, 1.807) is 0 Å². The zero-order chi connectivity index (χ0) is 14.6. The summed E-state index contributed by atoms with van der Waals surface area (Å²) >= 11 is 0. The summed E-state index contributed by atoms with van der Waals surface area (Å²) < 4.78 is 10.9. The molecule has 0 aromatic heterocycles. The molecular formula is C16H27NO3. The van der Waals surface area contributed by atoms with E-state index in [1.165, 1.54) is 0 Å². The van der Waals surface area contributed by atoms with Crippen molar-refractivity contribution in [2.75, 3.05) is 26.4 Å². The number of benzene rings is 1. The fourth-order valence-electron chi connectivity index (χ4n) is 1.72. The minimum absolute atomic E-state index is 0.305. The van der Waals surface area contributed by atoms with E-state index in [4.69, 9.17) is 9.47 Å². The van der Waals surface area contributed by atoms with Gasteiger partial charge >= 0.3 is 0 Å². The maximum atomic E-state index is 9.71. The van der Waals surface area contributed by atoms with Gasteiger partial charge < -0.3 is 19.9 Å². The number of rotatable bonds is 11. The zero-order valence-electron chi connectivity index (χ0n) is 12.5. The van der Waals surface area contributed by atoms with Gasteiger partial charge in [-0.2, -0.15) is 0 Å². The molecule has 0 amide bonds. The maximum Gasteiger partial charge on any atom is 0.101 e. The minimum atomic E-state index is -0.559. The first-order chi connectivity index (χ1) is 9.68. The Kier molecular flexibility index (Phi) is 9.24. The average molecular weight is 281 g/mol. The molecule has 4 nitrogen and oxygen atoms in total. The first-order valence-corrected chi connectivity index (χ1v) is 7.29. The van der Waals surface area contributed by atoms with Gasteiger partial charge in [0, 0.05) is 12.6 Å². The summed E-state index contributed by atoms with van der Waals surface area (Å²) in [5.74, 6) is 0. The molecule has 114 valence electrons. The SMILES string of the molecule is CC(C)NCCCOCC(O)COCc1ccccc1. The predicted molar refractivity (Wildman–Crippen MR) is 80.7 cm³/mol. The summed E-state index contributed by atoms with van der Waals surface area (Å²) in [5.41, 5.74) is 1.11. The number of hydrogen-bond donors (Lipinski definition) is 2. The third-order valence-corrected chi connectivity index (χ3v) is 2.75. The van der Waals surface area contributed by atoms with Crippen LogP contribution >= 0.6 is 0 Å². The van der Waals surface area contributed by atoms with Crippen molar-refractivity contribution in [3.63, 3.8) is 0 Å². The summed E-state index contributed by atoms with van der Waals surface area (Å²) in [6.07, 6.45) is 0.396. The van der Waals surface area contributed by atoms with Gasteiger partial charge in [-0.05, 0) is 18.5 Å². The Bertz CT molecular complexity index is 330. The molecule has 1 rings (SSSR count). The van der Waals surface area contributed by atoms with Crippen molar-refractivity contribution < 1.29 is 14.6 Å². The van der Waals surface area contributed by atoms with Crippen LogP contribution in [0.15, 0.2) is 30.3 Å².